The van der Waals surface area contributed by atoms with Crippen molar-refractivity contribution in [3.63, 3.8) is 0 Å². The molecule has 1 saturated heterocycles. The molecular formula is C22H28N6O. The van der Waals surface area contributed by atoms with Gasteiger partial charge in [-0.2, -0.15) is 5.10 Å². The Balaban J connectivity index is 1.29. The second kappa shape index (κ2) is 7.63. The summed E-state index contributed by atoms with van der Waals surface area (Å²) in [5.41, 5.74) is 6.40. The molecular weight excluding hydrogens is 364 g/mol. The number of aromatic nitrogens is 4. The van der Waals surface area contributed by atoms with E-state index >= 15 is 0 Å². The van der Waals surface area contributed by atoms with Gasteiger partial charge < -0.3 is 9.64 Å². The highest BCUT2D eigenvalue weighted by Crippen LogP contribution is 2.28. The Kier molecular flexibility index (Phi) is 4.83. The maximum Gasteiger partial charge on any atom is 0.224 e. The van der Waals surface area contributed by atoms with Crippen LogP contribution in [0.25, 0.3) is 10.9 Å². The summed E-state index contributed by atoms with van der Waals surface area (Å²) in [6.07, 6.45) is 6.47. The average molecular weight is 393 g/mol. The van der Waals surface area contributed by atoms with Crippen molar-refractivity contribution in [2.24, 2.45) is 7.05 Å². The fraction of sp³-hybridized carbons (Fsp3) is 0.500. The molecule has 1 aromatic carbocycles. The highest BCUT2D eigenvalue weighted by atomic mass is 16.5. The van der Waals surface area contributed by atoms with Crippen LogP contribution in [0, 0.1) is 0 Å². The topological polar surface area (TPSA) is 59.3 Å². The third-order valence-electron chi connectivity index (χ3n) is 6.33. The van der Waals surface area contributed by atoms with E-state index in [9.17, 15) is 0 Å². The van der Waals surface area contributed by atoms with E-state index in [1.165, 1.54) is 41.9 Å². The monoisotopic (exact) mass is 392 g/mol. The number of hydrogen-bond acceptors (Lipinski definition) is 6. The standard InChI is InChI=1S/C22H28N6O/c1-26-21(17-5-3-4-6-20(17)25-26)14-27-9-11-28(12-10-27)16-7-8-19-18(13-16)22(29-2)24-15-23-19/h7-8,13,15H,3-6,9-12,14H2,1-2H3. The van der Waals surface area contributed by atoms with Gasteiger partial charge in [0.05, 0.1) is 29.4 Å². The quantitative estimate of drug-likeness (QED) is 0.680. The van der Waals surface area contributed by atoms with Gasteiger partial charge in [-0.15, -0.1) is 0 Å². The molecule has 1 aliphatic heterocycles. The molecule has 152 valence electrons. The predicted octanol–water partition coefficient (Wildman–Crippen LogP) is 2.57. The first-order chi connectivity index (χ1) is 14.2. The summed E-state index contributed by atoms with van der Waals surface area (Å²) in [4.78, 5) is 13.6. The molecule has 0 radical (unpaired) electrons. The predicted molar refractivity (Wildman–Crippen MR) is 113 cm³/mol. The molecule has 7 nitrogen and oxygen atoms in total. The lowest BCUT2D eigenvalue weighted by Crippen LogP contribution is -2.46. The van der Waals surface area contributed by atoms with E-state index in [2.05, 4.69) is 49.7 Å². The minimum absolute atomic E-state index is 0.636. The lowest BCUT2D eigenvalue weighted by Gasteiger charge is -2.36. The van der Waals surface area contributed by atoms with Crippen LogP contribution in [0.3, 0.4) is 0 Å². The van der Waals surface area contributed by atoms with Gasteiger partial charge in [-0.05, 0) is 49.4 Å². The molecule has 7 heteroatoms. The van der Waals surface area contributed by atoms with Crippen LogP contribution in [0.2, 0.25) is 0 Å². The highest BCUT2D eigenvalue weighted by Gasteiger charge is 2.23. The van der Waals surface area contributed by atoms with Crippen LogP contribution in [0.15, 0.2) is 24.5 Å². The Labute approximate surface area is 171 Å². The van der Waals surface area contributed by atoms with Crippen LogP contribution in [0.5, 0.6) is 5.88 Å². The number of rotatable bonds is 4. The van der Waals surface area contributed by atoms with Crippen molar-refractivity contribution in [1.82, 2.24) is 24.6 Å². The van der Waals surface area contributed by atoms with Crippen molar-refractivity contribution in [2.75, 3.05) is 38.2 Å². The second-order valence-electron chi connectivity index (χ2n) is 8.05. The molecule has 3 heterocycles. The Morgan fingerprint density at radius 1 is 1.03 bits per heavy atom. The molecule has 2 aromatic heterocycles. The Morgan fingerprint density at radius 3 is 2.69 bits per heavy atom. The van der Waals surface area contributed by atoms with Crippen LogP contribution >= 0.6 is 0 Å². The normalized spacial score (nSPS) is 17.5. The Hall–Kier alpha value is -2.67. The van der Waals surface area contributed by atoms with Gasteiger partial charge in [-0.1, -0.05) is 0 Å². The van der Waals surface area contributed by atoms with E-state index in [-0.39, 0.29) is 0 Å². The summed E-state index contributed by atoms with van der Waals surface area (Å²) in [7, 11) is 3.76. The van der Waals surface area contributed by atoms with Gasteiger partial charge in [0.2, 0.25) is 5.88 Å². The summed E-state index contributed by atoms with van der Waals surface area (Å²) in [6, 6.07) is 6.37. The fourth-order valence-corrected chi connectivity index (χ4v) is 4.70. The highest BCUT2D eigenvalue weighted by molar-refractivity contribution is 5.86. The number of ether oxygens (including phenoxy) is 1. The Morgan fingerprint density at radius 2 is 1.86 bits per heavy atom. The van der Waals surface area contributed by atoms with Crippen LogP contribution < -0.4 is 9.64 Å². The molecule has 1 aliphatic carbocycles. The number of aryl methyl sites for hydroxylation is 2. The zero-order valence-corrected chi connectivity index (χ0v) is 17.3. The van der Waals surface area contributed by atoms with Gasteiger partial charge in [-0.3, -0.25) is 9.58 Å². The first kappa shape index (κ1) is 18.4. The van der Waals surface area contributed by atoms with Crippen molar-refractivity contribution in [3.05, 3.63) is 41.5 Å². The van der Waals surface area contributed by atoms with E-state index < -0.39 is 0 Å². The summed E-state index contributed by atoms with van der Waals surface area (Å²) < 4.78 is 7.54. The number of benzene rings is 1. The number of fused-ring (bicyclic) bond motifs is 2. The zero-order chi connectivity index (χ0) is 19.8. The molecule has 0 unspecified atom stereocenters. The second-order valence-corrected chi connectivity index (χ2v) is 8.05. The van der Waals surface area contributed by atoms with Crippen molar-refractivity contribution >= 4 is 16.6 Å². The van der Waals surface area contributed by atoms with Crippen LogP contribution in [-0.4, -0.2) is 57.9 Å². The Bertz CT molecular complexity index is 1020. The first-order valence-electron chi connectivity index (χ1n) is 10.5. The third-order valence-corrected chi connectivity index (χ3v) is 6.33. The molecule has 0 atom stereocenters. The maximum atomic E-state index is 5.42. The van der Waals surface area contributed by atoms with E-state index in [1.54, 1.807) is 13.4 Å². The van der Waals surface area contributed by atoms with Crippen molar-refractivity contribution < 1.29 is 4.74 Å². The van der Waals surface area contributed by atoms with Gasteiger partial charge >= 0.3 is 0 Å². The van der Waals surface area contributed by atoms with Gasteiger partial charge in [0.25, 0.3) is 0 Å². The molecule has 5 rings (SSSR count). The number of methoxy groups -OCH3 is 1. The number of nitrogens with zero attached hydrogens (tertiary/aromatic N) is 6. The minimum atomic E-state index is 0.636. The zero-order valence-electron chi connectivity index (χ0n) is 17.3. The SMILES string of the molecule is COc1ncnc2ccc(N3CCN(Cc4c5c(nn4C)CCCC5)CC3)cc12. The lowest BCUT2D eigenvalue weighted by molar-refractivity contribution is 0.243. The number of anilines is 1. The van der Waals surface area contributed by atoms with E-state index in [0.29, 0.717) is 5.88 Å². The average Bonchev–Trinajstić information content (AvgIpc) is 3.08. The van der Waals surface area contributed by atoms with Crippen LogP contribution in [0.4, 0.5) is 5.69 Å². The molecule has 0 bridgehead atoms. The van der Waals surface area contributed by atoms with Crippen molar-refractivity contribution in [1.29, 1.82) is 0 Å². The molecule has 29 heavy (non-hydrogen) atoms. The molecule has 0 N–H and O–H groups in total. The van der Waals surface area contributed by atoms with E-state index in [0.717, 1.165) is 50.0 Å². The van der Waals surface area contributed by atoms with Crippen molar-refractivity contribution in [2.45, 2.75) is 32.2 Å². The van der Waals surface area contributed by atoms with Gasteiger partial charge in [-0.25, -0.2) is 9.97 Å². The molecule has 2 aliphatic rings. The van der Waals surface area contributed by atoms with Gasteiger partial charge in [0, 0.05) is 45.5 Å². The minimum Gasteiger partial charge on any atom is -0.480 e. The molecule has 3 aromatic rings. The van der Waals surface area contributed by atoms with E-state index in [4.69, 9.17) is 9.84 Å². The summed E-state index contributed by atoms with van der Waals surface area (Å²) >= 11 is 0. The number of hydrogen-bond donors (Lipinski definition) is 0. The van der Waals surface area contributed by atoms with Crippen molar-refractivity contribution in [3.8, 4) is 5.88 Å². The maximum absolute atomic E-state index is 5.42. The molecule has 0 saturated carbocycles. The van der Waals surface area contributed by atoms with Crippen LogP contribution in [0.1, 0.15) is 29.8 Å². The third kappa shape index (κ3) is 3.44. The first-order valence-corrected chi connectivity index (χ1v) is 10.5. The molecule has 0 amide bonds. The van der Waals surface area contributed by atoms with E-state index in [1.807, 2.05) is 0 Å². The number of piperazine rings is 1. The summed E-state index contributed by atoms with van der Waals surface area (Å²) in [5, 5.41) is 5.75. The molecule has 0 spiro atoms. The van der Waals surface area contributed by atoms with Crippen LogP contribution in [-0.2, 0) is 26.4 Å². The van der Waals surface area contributed by atoms with Gasteiger partial charge in [0.15, 0.2) is 0 Å². The lowest BCUT2D eigenvalue weighted by atomic mass is 9.95. The smallest absolute Gasteiger partial charge is 0.224 e. The summed E-state index contributed by atoms with van der Waals surface area (Å²) in [5.74, 6) is 0.636. The molecule has 1 fully saturated rings. The fourth-order valence-electron chi connectivity index (χ4n) is 4.70. The largest absolute Gasteiger partial charge is 0.480 e. The van der Waals surface area contributed by atoms with Gasteiger partial charge in [0.1, 0.15) is 6.33 Å². The summed E-state index contributed by atoms with van der Waals surface area (Å²) in [6.45, 7) is 5.15.